The van der Waals surface area contributed by atoms with Gasteiger partial charge in [-0.25, -0.2) is 22.1 Å². The van der Waals surface area contributed by atoms with Crippen LogP contribution in [-0.2, 0) is 30.4 Å². The molecule has 17 rings (SSSR count). The quantitative estimate of drug-likeness (QED) is 0.0162. The van der Waals surface area contributed by atoms with Crippen molar-refractivity contribution in [1.82, 2.24) is 0 Å². The van der Waals surface area contributed by atoms with E-state index in [9.17, 15) is 120 Å². The molecule has 8 aromatic carbocycles. The predicted octanol–water partition coefficient (Wildman–Crippen LogP) is 31.1. The van der Waals surface area contributed by atoms with Crippen molar-refractivity contribution in [1.29, 1.82) is 22.1 Å². The van der Waals surface area contributed by atoms with Gasteiger partial charge >= 0.3 is 68.7 Å². The van der Waals surface area contributed by atoms with E-state index in [0.29, 0.717) is 48.2 Å². The van der Waals surface area contributed by atoms with Gasteiger partial charge in [0.05, 0.1) is 43.9 Å². The summed E-state index contributed by atoms with van der Waals surface area (Å²) < 4.78 is 340. The summed E-state index contributed by atoms with van der Waals surface area (Å²) in [5.41, 5.74) is 33.1. The Balaban J connectivity index is 0.000000199. The lowest BCUT2D eigenvalue weighted by molar-refractivity contribution is -0.253. The van der Waals surface area contributed by atoms with Crippen LogP contribution in [0.1, 0.15) is 109 Å². The first-order chi connectivity index (χ1) is 64.9. The number of ether oxygens (including phenoxy) is 5. The lowest BCUT2D eigenvalue weighted by atomic mass is 9.88. The van der Waals surface area contributed by atoms with Crippen molar-refractivity contribution in [2.75, 3.05) is 40.1 Å². The van der Waals surface area contributed by atoms with Crippen molar-refractivity contribution in [2.24, 2.45) is 0 Å². The minimum absolute atomic E-state index is 0. The fraction of sp³-hybridized carbons (Fsp3) is 0.326. The van der Waals surface area contributed by atoms with E-state index in [1.54, 1.807) is 59.1 Å². The molecule has 139 heavy (non-hydrogen) atoms. The number of hydrogen-bond donors (Lipinski definition) is 8. The molecule has 750 valence electrons. The summed E-state index contributed by atoms with van der Waals surface area (Å²) >= 11 is 6.31. The number of anilines is 4. The highest BCUT2D eigenvalue weighted by molar-refractivity contribution is 7.14. The smallest absolute Gasteiger partial charge is 0.428 e. The minimum Gasteiger partial charge on any atom is -0.428 e. The van der Waals surface area contributed by atoms with E-state index in [-0.39, 0.29) is 45.0 Å². The maximum atomic E-state index is 13.4. The van der Waals surface area contributed by atoms with Crippen molar-refractivity contribution < 1.29 is 144 Å². The number of epoxide rings is 1. The zero-order valence-electron chi connectivity index (χ0n) is 70.6. The maximum Gasteiger partial charge on any atom is 0.461 e. The Bertz CT molecular complexity index is 5510. The van der Waals surface area contributed by atoms with E-state index >= 15 is 0 Å². The SMILES string of the molecule is C.C.FC(F)(F)C1CO1.FC(F)C(F)(F)Oc1cccc(C2CCc3c(cccc3-c3cccs3)N2)c1.FC(F)C(F)(F)Oc1cccc(C2CCc3c(cccc3-c3cccs3)N2)c1.N=N.N=N.OC(CN1c2cccc(-c3cccs3)c2CCC1c1cccc(OC(F)(F)C(F)F)c1)C(F)(F)F.OC(CN1c2cccc(-c3cccs3)c2CCC1c1cccc(OC(F)(F)C(F)F)c1)C(F)(F)F. The minimum atomic E-state index is -4.88. The number of benzene rings is 8. The van der Waals surface area contributed by atoms with Gasteiger partial charge in [0, 0.05) is 42.3 Å². The van der Waals surface area contributed by atoms with Gasteiger partial charge in [-0.2, -0.15) is 110 Å². The van der Waals surface area contributed by atoms with Crippen molar-refractivity contribution in [3.05, 3.63) is 284 Å². The molecule has 1 fully saturated rings. The van der Waals surface area contributed by atoms with E-state index < -0.39 is 124 Å². The lowest BCUT2D eigenvalue weighted by Crippen LogP contribution is -2.44. The van der Waals surface area contributed by atoms with Crippen LogP contribution in [0, 0.1) is 22.1 Å². The first-order valence-electron chi connectivity index (χ1n) is 41.1. The van der Waals surface area contributed by atoms with Crippen LogP contribution in [0.2, 0.25) is 0 Å². The molecule has 0 bridgehead atoms. The summed E-state index contributed by atoms with van der Waals surface area (Å²) in [7, 11) is 0. The van der Waals surface area contributed by atoms with Crippen molar-refractivity contribution >= 4 is 68.1 Å². The Morgan fingerprint density at radius 2 is 0.604 bits per heavy atom. The van der Waals surface area contributed by atoms with Gasteiger partial charge in [-0.1, -0.05) is 136 Å². The fourth-order valence-corrected chi connectivity index (χ4v) is 18.7. The molecule has 7 atom stereocenters. The Morgan fingerprint density at radius 3 is 0.856 bits per heavy atom. The van der Waals surface area contributed by atoms with Crippen LogP contribution in [0.4, 0.5) is 133 Å². The van der Waals surface area contributed by atoms with Crippen molar-refractivity contribution in [3.63, 3.8) is 0 Å². The topological polar surface area (TPSA) is 216 Å². The highest BCUT2D eigenvalue weighted by Gasteiger charge is 2.51. The molecule has 1 saturated heterocycles. The number of alkyl halides is 25. The van der Waals surface area contributed by atoms with Crippen molar-refractivity contribution in [2.45, 2.75) is 177 Å². The second kappa shape index (κ2) is 48.0. The number of hydrogen-bond acceptors (Lipinski definition) is 19. The van der Waals surface area contributed by atoms with E-state index in [0.717, 1.165) is 104 Å². The molecular weight excluding hydrogens is 1970 g/mol. The third-order valence-electron chi connectivity index (χ3n) is 21.8. The summed E-state index contributed by atoms with van der Waals surface area (Å²) in [6.45, 7) is -1.75. The standard InChI is InChI=1S/2C24H20F7NO2S.2C21H17F4NOS.C3H3F3O.2CH4.2H2N2/c2*25-22(26)24(30,31)34-15-5-1-4-14(12-15)18-10-9-16-17(20-8-3-11-35-20)6-2-7-19(16)32(18)13-21(33)23(27,28)29;2*22-20(23)21(24,25)27-14-5-1-4-13(12-14)17-10-9-15-16(19-8-3-11-28-19)6-2-7-18(15)26-17;4-3(5,6)2-1-7-2;;;2*1-2/h2*1-8,11-12,18,21-22,33H,9-10,13H2;2*1-8,11-12,17,20,26H,9-10H2;2H,1H2;2*1H4;2*1-2H. The molecule has 0 radical (unpaired) electrons. The largest absolute Gasteiger partial charge is 0.461 e. The first kappa shape index (κ1) is 111. The molecule has 0 aliphatic carbocycles. The summed E-state index contributed by atoms with van der Waals surface area (Å²) in [6.07, 6.45) is -50.3. The number of nitrogens with zero attached hydrogens (tertiary/aromatic N) is 2. The van der Waals surface area contributed by atoms with E-state index in [1.165, 1.54) is 125 Å². The Morgan fingerprint density at radius 1 is 0.345 bits per heavy atom. The van der Waals surface area contributed by atoms with Crippen LogP contribution in [0.5, 0.6) is 23.0 Å². The number of thiophene rings is 4. The highest BCUT2D eigenvalue weighted by atomic mass is 32.1. The third kappa shape index (κ3) is 28.6. The molecule has 4 aromatic heterocycles. The molecule has 0 amide bonds. The average Bonchev–Trinajstić information content (AvgIpc) is 1.76. The number of nitrogens with one attached hydrogen (secondary N) is 6. The molecular formula is C95H89F25N8O7S4. The molecule has 5 aliphatic heterocycles. The van der Waals surface area contributed by atoms with Gasteiger partial charge in [-0.15, -0.1) is 45.3 Å². The molecule has 15 nitrogen and oxygen atoms in total. The van der Waals surface area contributed by atoms with Gasteiger partial charge in [0.15, 0.2) is 18.3 Å². The van der Waals surface area contributed by atoms with Gasteiger partial charge in [0.25, 0.3) is 0 Å². The molecule has 0 saturated carbocycles. The zero-order chi connectivity index (χ0) is 99.7. The number of β-amino-alcohol motifs (C(OH)–C–C–N with tert-alkyl or cyclic N) is 2. The number of aliphatic hydroxyl groups is 2. The maximum absolute atomic E-state index is 13.4. The predicted molar refractivity (Wildman–Crippen MR) is 482 cm³/mol. The molecule has 0 spiro atoms. The Hall–Kier alpha value is -11.7. The van der Waals surface area contributed by atoms with Gasteiger partial charge in [-0.05, 0) is 237 Å². The van der Waals surface area contributed by atoms with Crippen molar-refractivity contribution in [3.8, 4) is 64.8 Å². The molecule has 7 unspecified atom stereocenters. The Kier molecular flexibility index (Phi) is 38.3. The van der Waals surface area contributed by atoms with Gasteiger partial charge in [-0.3, -0.25) is 0 Å². The molecule has 12 aromatic rings. The number of halogens is 25. The van der Waals surface area contributed by atoms with Crippen LogP contribution in [0.3, 0.4) is 0 Å². The monoisotopic (exact) mass is 2060 g/mol. The van der Waals surface area contributed by atoms with E-state index in [4.69, 9.17) is 22.1 Å². The number of aliphatic hydroxyl groups excluding tert-OH is 2. The van der Waals surface area contributed by atoms with Crippen LogP contribution in [-0.4, -0.2) is 117 Å². The van der Waals surface area contributed by atoms with E-state index in [2.05, 4.69) is 58.6 Å². The zero-order valence-corrected chi connectivity index (χ0v) is 73.9. The second-order valence-electron chi connectivity index (χ2n) is 30.7. The van der Waals surface area contributed by atoms with Crippen LogP contribution >= 0.6 is 45.3 Å². The van der Waals surface area contributed by atoms with Crippen LogP contribution < -0.4 is 39.4 Å². The lowest BCUT2D eigenvalue weighted by Gasteiger charge is -2.41. The summed E-state index contributed by atoms with van der Waals surface area (Å²) in [5.74, 6) is -1.63. The number of rotatable bonds is 24. The fourth-order valence-electron chi connectivity index (χ4n) is 15.6. The normalized spacial score (nSPS) is 17.0. The summed E-state index contributed by atoms with van der Waals surface area (Å²) in [5, 5.41) is 34.5. The highest BCUT2D eigenvalue weighted by Crippen LogP contribution is 2.50. The van der Waals surface area contributed by atoms with Crippen LogP contribution in [0.15, 0.2) is 240 Å². The molecule has 9 heterocycles. The summed E-state index contributed by atoms with van der Waals surface area (Å²) in [6, 6.07) is 58.4. The van der Waals surface area contributed by atoms with Gasteiger partial charge in [0.2, 0.25) is 0 Å². The second-order valence-corrected chi connectivity index (χ2v) is 34.5. The van der Waals surface area contributed by atoms with Crippen LogP contribution in [0.25, 0.3) is 41.8 Å². The summed E-state index contributed by atoms with van der Waals surface area (Å²) in [4.78, 5) is 7.03. The average molecular weight is 2060 g/mol. The van der Waals surface area contributed by atoms with Gasteiger partial charge in [0.1, 0.15) is 23.0 Å². The molecule has 8 N–H and O–H groups in total. The number of fused-ring (bicyclic) bond motifs is 4. The first-order valence-corrected chi connectivity index (χ1v) is 44.6. The molecule has 5 aliphatic rings. The molecule has 44 heteroatoms. The third-order valence-corrected chi connectivity index (χ3v) is 25.4. The van der Waals surface area contributed by atoms with Gasteiger partial charge < -0.3 is 54.3 Å². The Labute approximate surface area is 796 Å². The van der Waals surface area contributed by atoms with E-state index in [1.807, 2.05) is 94.3 Å².